The number of nitrogens with one attached hydrogen (secondary N) is 1. The van der Waals surface area contributed by atoms with Crippen molar-refractivity contribution in [3.8, 4) is 0 Å². The molecule has 0 bridgehead atoms. The molecule has 24 heavy (non-hydrogen) atoms. The van der Waals surface area contributed by atoms with E-state index in [1.807, 2.05) is 18.2 Å². The Hall–Kier alpha value is -2.60. The highest BCUT2D eigenvalue weighted by Crippen LogP contribution is 2.29. The van der Waals surface area contributed by atoms with Gasteiger partial charge in [0.2, 0.25) is 5.91 Å². The molecule has 1 atom stereocenters. The van der Waals surface area contributed by atoms with Gasteiger partial charge in [-0.15, -0.1) is 0 Å². The molecule has 6 heteroatoms. The number of amides is 1. The van der Waals surface area contributed by atoms with Crippen LogP contribution >= 0.6 is 0 Å². The van der Waals surface area contributed by atoms with Gasteiger partial charge in [0.1, 0.15) is 17.1 Å². The molecule has 1 amide bonds. The predicted molar refractivity (Wildman–Crippen MR) is 85.7 cm³/mol. The lowest BCUT2D eigenvalue weighted by Gasteiger charge is -2.25. The topological polar surface area (TPSA) is 88.8 Å². The summed E-state index contributed by atoms with van der Waals surface area (Å²) in [6, 6.07) is 9.41. The standard InChI is InChI=1S/C18H19NO5/c1-11-15(18(21)22)8-13(24-11)10-19-17(20)9-16-14-5-3-2-4-12(14)6-7-23-16/h2-5,8,16H,6-7,9-10H2,1H3,(H,19,20)(H,21,22). The van der Waals surface area contributed by atoms with E-state index in [4.69, 9.17) is 14.3 Å². The van der Waals surface area contributed by atoms with Gasteiger partial charge in [-0.2, -0.15) is 0 Å². The zero-order chi connectivity index (χ0) is 17.1. The van der Waals surface area contributed by atoms with Crippen molar-refractivity contribution in [2.45, 2.75) is 32.4 Å². The van der Waals surface area contributed by atoms with Crippen molar-refractivity contribution in [2.75, 3.05) is 6.61 Å². The van der Waals surface area contributed by atoms with Crippen LogP contribution in [0, 0.1) is 6.92 Å². The molecule has 0 fully saturated rings. The van der Waals surface area contributed by atoms with Crippen LogP contribution in [0.4, 0.5) is 0 Å². The summed E-state index contributed by atoms with van der Waals surface area (Å²) in [6.07, 6.45) is 0.836. The van der Waals surface area contributed by atoms with E-state index in [0.29, 0.717) is 18.1 Å². The van der Waals surface area contributed by atoms with E-state index in [9.17, 15) is 9.59 Å². The van der Waals surface area contributed by atoms with Crippen molar-refractivity contribution < 1.29 is 23.8 Å². The zero-order valence-electron chi connectivity index (χ0n) is 13.4. The monoisotopic (exact) mass is 329 g/mol. The van der Waals surface area contributed by atoms with Gasteiger partial charge in [-0.1, -0.05) is 24.3 Å². The van der Waals surface area contributed by atoms with Gasteiger partial charge >= 0.3 is 5.97 Å². The van der Waals surface area contributed by atoms with Crippen molar-refractivity contribution in [1.29, 1.82) is 0 Å². The van der Waals surface area contributed by atoms with Crippen molar-refractivity contribution in [3.05, 3.63) is 58.5 Å². The minimum atomic E-state index is -1.04. The molecule has 126 valence electrons. The molecule has 6 nitrogen and oxygen atoms in total. The van der Waals surface area contributed by atoms with Crippen molar-refractivity contribution in [2.24, 2.45) is 0 Å². The summed E-state index contributed by atoms with van der Waals surface area (Å²) in [6.45, 7) is 2.34. The van der Waals surface area contributed by atoms with Gasteiger partial charge in [-0.05, 0) is 30.5 Å². The number of hydrogen-bond donors (Lipinski definition) is 2. The molecule has 3 rings (SSSR count). The molecule has 1 unspecified atom stereocenters. The molecular weight excluding hydrogens is 310 g/mol. The number of aromatic carboxylic acids is 1. The van der Waals surface area contributed by atoms with Crippen LogP contribution in [0.15, 0.2) is 34.7 Å². The number of carboxylic acids is 1. The van der Waals surface area contributed by atoms with Crippen LogP contribution in [-0.4, -0.2) is 23.6 Å². The second-order valence-electron chi connectivity index (χ2n) is 5.78. The molecule has 1 aliphatic heterocycles. The van der Waals surface area contributed by atoms with Gasteiger partial charge in [-0.3, -0.25) is 4.79 Å². The van der Waals surface area contributed by atoms with Gasteiger partial charge in [0.05, 0.1) is 25.7 Å². The highest BCUT2D eigenvalue weighted by Gasteiger charge is 2.23. The fraction of sp³-hybridized carbons (Fsp3) is 0.333. The van der Waals surface area contributed by atoms with Crippen LogP contribution in [0.1, 0.15) is 45.5 Å². The predicted octanol–water partition coefficient (Wildman–Crippen LogP) is 2.61. The Morgan fingerprint density at radius 2 is 2.12 bits per heavy atom. The van der Waals surface area contributed by atoms with E-state index < -0.39 is 5.97 Å². The first-order valence-corrected chi connectivity index (χ1v) is 7.83. The third kappa shape index (κ3) is 3.49. The van der Waals surface area contributed by atoms with Crippen LogP contribution in [0.3, 0.4) is 0 Å². The van der Waals surface area contributed by atoms with E-state index in [1.54, 1.807) is 6.92 Å². The molecule has 2 heterocycles. The second-order valence-corrected chi connectivity index (χ2v) is 5.78. The average Bonchev–Trinajstić information content (AvgIpc) is 2.94. The highest BCUT2D eigenvalue weighted by molar-refractivity contribution is 5.88. The van der Waals surface area contributed by atoms with E-state index in [0.717, 1.165) is 12.0 Å². The first-order chi connectivity index (χ1) is 11.5. The highest BCUT2D eigenvalue weighted by atomic mass is 16.5. The van der Waals surface area contributed by atoms with Crippen molar-refractivity contribution in [1.82, 2.24) is 5.32 Å². The molecule has 2 N–H and O–H groups in total. The summed E-state index contributed by atoms with van der Waals surface area (Å²) in [5.74, 6) is -0.455. The van der Waals surface area contributed by atoms with Crippen LogP contribution < -0.4 is 5.32 Å². The number of hydrogen-bond acceptors (Lipinski definition) is 4. The Balaban J connectivity index is 1.59. The molecule has 0 radical (unpaired) electrons. The normalized spacial score (nSPS) is 16.5. The number of furan rings is 1. The molecule has 0 saturated heterocycles. The van der Waals surface area contributed by atoms with Gasteiger partial charge in [0.25, 0.3) is 0 Å². The molecule has 1 aliphatic rings. The van der Waals surface area contributed by atoms with Crippen LogP contribution in [0.2, 0.25) is 0 Å². The summed E-state index contributed by atoms with van der Waals surface area (Å²) in [7, 11) is 0. The second kappa shape index (κ2) is 6.88. The number of aryl methyl sites for hydroxylation is 1. The van der Waals surface area contributed by atoms with E-state index in [-0.39, 0.29) is 30.5 Å². The van der Waals surface area contributed by atoms with Crippen molar-refractivity contribution in [3.63, 3.8) is 0 Å². The molecule has 0 saturated carbocycles. The SMILES string of the molecule is Cc1oc(CNC(=O)CC2OCCc3ccccc32)cc1C(=O)O. The number of rotatable bonds is 5. The maximum Gasteiger partial charge on any atom is 0.339 e. The fourth-order valence-electron chi connectivity index (χ4n) is 2.92. The fourth-order valence-corrected chi connectivity index (χ4v) is 2.92. The summed E-state index contributed by atoms with van der Waals surface area (Å²) < 4.78 is 11.1. The average molecular weight is 329 g/mol. The number of ether oxygens (including phenoxy) is 1. The zero-order valence-corrected chi connectivity index (χ0v) is 13.4. The van der Waals surface area contributed by atoms with Gasteiger partial charge in [0, 0.05) is 0 Å². The minimum Gasteiger partial charge on any atom is -0.478 e. The first-order valence-electron chi connectivity index (χ1n) is 7.83. The van der Waals surface area contributed by atoms with Gasteiger partial charge in [0.15, 0.2) is 0 Å². The molecule has 2 aromatic rings. The summed E-state index contributed by atoms with van der Waals surface area (Å²) in [5.41, 5.74) is 2.39. The Morgan fingerprint density at radius 3 is 2.88 bits per heavy atom. The lowest BCUT2D eigenvalue weighted by Crippen LogP contribution is -2.27. The van der Waals surface area contributed by atoms with Crippen molar-refractivity contribution >= 4 is 11.9 Å². The lowest BCUT2D eigenvalue weighted by molar-refractivity contribution is -0.124. The number of carbonyl (C=O) groups is 2. The van der Waals surface area contributed by atoms with E-state index >= 15 is 0 Å². The third-order valence-corrected chi connectivity index (χ3v) is 4.12. The summed E-state index contributed by atoms with van der Waals surface area (Å²) >= 11 is 0. The van der Waals surface area contributed by atoms with E-state index in [1.165, 1.54) is 11.6 Å². The lowest BCUT2D eigenvalue weighted by atomic mass is 9.95. The van der Waals surface area contributed by atoms with Gasteiger partial charge in [-0.25, -0.2) is 4.79 Å². The molecule has 0 spiro atoms. The number of carboxylic acid groups (broad SMARTS) is 1. The smallest absolute Gasteiger partial charge is 0.339 e. The minimum absolute atomic E-state index is 0.115. The molecule has 1 aromatic carbocycles. The Morgan fingerprint density at radius 1 is 1.33 bits per heavy atom. The molecule has 0 aliphatic carbocycles. The summed E-state index contributed by atoms with van der Waals surface area (Å²) in [4.78, 5) is 23.2. The maximum atomic E-state index is 12.2. The Kier molecular flexibility index (Phi) is 4.66. The van der Waals surface area contributed by atoms with Crippen LogP contribution in [0.25, 0.3) is 0 Å². The summed E-state index contributed by atoms with van der Waals surface area (Å²) in [5, 5.41) is 11.8. The first kappa shape index (κ1) is 16.3. The molecular formula is C18H19NO5. The number of benzene rings is 1. The van der Waals surface area contributed by atoms with Gasteiger partial charge < -0.3 is 19.6 Å². The van der Waals surface area contributed by atoms with Crippen LogP contribution in [0.5, 0.6) is 0 Å². The van der Waals surface area contributed by atoms with Crippen LogP contribution in [-0.2, 0) is 22.5 Å². The molecule has 1 aromatic heterocycles. The largest absolute Gasteiger partial charge is 0.478 e. The third-order valence-electron chi connectivity index (χ3n) is 4.12. The Bertz CT molecular complexity index is 765. The van der Waals surface area contributed by atoms with E-state index in [2.05, 4.69) is 11.4 Å². The number of carbonyl (C=O) groups excluding carboxylic acids is 1. The quantitative estimate of drug-likeness (QED) is 0.880. The number of fused-ring (bicyclic) bond motifs is 1. The maximum absolute atomic E-state index is 12.2. The Labute approximate surface area is 139 Å².